The Morgan fingerprint density at radius 1 is 1.37 bits per heavy atom. The maximum atomic E-state index is 16.0. The van der Waals surface area contributed by atoms with Gasteiger partial charge in [-0.3, -0.25) is 24.0 Å². The first-order chi connectivity index (χ1) is 20.1. The molecule has 2 aromatic heterocycles. The predicted molar refractivity (Wildman–Crippen MR) is 151 cm³/mol. The Balaban J connectivity index is 1.53. The summed E-state index contributed by atoms with van der Waals surface area (Å²) >= 11 is 0.632. The molecule has 20 heteroatoms. The fourth-order valence-corrected chi connectivity index (χ4v) is 8.19. The minimum atomic E-state index is -4.08. The van der Waals surface area contributed by atoms with E-state index < -0.39 is 73.5 Å². The molecule has 2 aliphatic rings. The molecule has 0 aliphatic carbocycles. The number of carbonyl (C=O) groups excluding carboxylic acids is 3. The summed E-state index contributed by atoms with van der Waals surface area (Å²) < 4.78 is 53.3. The molecule has 4 heterocycles. The second-order valence-corrected chi connectivity index (χ2v) is 14.5. The smallest absolute Gasteiger partial charge is 0.327 e. The summed E-state index contributed by atoms with van der Waals surface area (Å²) in [5.41, 5.74) is 3.68. The number of hydrogen-bond acceptors (Lipinski definition) is 14. The fraction of sp³-hybridized carbons (Fsp3) is 0.652. The van der Waals surface area contributed by atoms with Gasteiger partial charge in [-0.1, -0.05) is 11.4 Å². The monoisotopic (exact) mass is 648 g/mol. The summed E-state index contributed by atoms with van der Waals surface area (Å²) in [6.45, 7) is 3.10. The number of anilines is 1. The van der Waals surface area contributed by atoms with Crippen molar-refractivity contribution in [3.05, 3.63) is 6.33 Å². The van der Waals surface area contributed by atoms with Crippen molar-refractivity contribution >= 4 is 53.1 Å². The van der Waals surface area contributed by atoms with Crippen LogP contribution in [0.3, 0.4) is 0 Å². The average molecular weight is 649 g/mol. The van der Waals surface area contributed by atoms with E-state index in [0.717, 1.165) is 6.92 Å². The van der Waals surface area contributed by atoms with Gasteiger partial charge in [0.25, 0.3) is 5.91 Å². The minimum absolute atomic E-state index is 0.0871. The number of imidazole rings is 1. The standard InChI is InChI=1S/C23H34FN8O9PS/c1-6-38-18-14-16(28-21(25)30-18)32(9-26-14)20-23(5,24)15(33)13(41-20)7-39-42(37,31-11(4)19(35)40-10(2)3)43-8-12-17(34)29-22(36)27-12/h9-13,15,20,33H,6-8H2,1-5H3,(H,31,37)(H2,25,28,30)(H2,27,29,34,36)/t11-,12-,13+,15+,20+,23+,42?/m0/s1. The number of amides is 3. The third kappa shape index (κ3) is 7.18. The normalized spacial score (nSPS) is 27.6. The number of aliphatic hydroxyl groups is 1. The van der Waals surface area contributed by atoms with Crippen LogP contribution >= 0.6 is 18.1 Å². The number of carbonyl (C=O) groups is 3. The van der Waals surface area contributed by atoms with Crippen molar-refractivity contribution in [2.24, 2.45) is 0 Å². The highest BCUT2D eigenvalue weighted by atomic mass is 32.7. The number of hydrogen-bond donors (Lipinski definition) is 5. The molecule has 17 nitrogen and oxygen atoms in total. The summed E-state index contributed by atoms with van der Waals surface area (Å²) in [6, 6.07) is -2.86. The van der Waals surface area contributed by atoms with E-state index in [2.05, 4.69) is 30.7 Å². The number of aliphatic hydroxyl groups excluding tert-OH is 1. The van der Waals surface area contributed by atoms with E-state index in [4.69, 9.17) is 24.5 Å². The van der Waals surface area contributed by atoms with Crippen LogP contribution in [-0.2, 0) is 28.2 Å². The van der Waals surface area contributed by atoms with Crippen LogP contribution in [-0.4, -0.2) is 97.6 Å². The van der Waals surface area contributed by atoms with Gasteiger partial charge in [-0.15, -0.1) is 0 Å². The molecule has 0 saturated carbocycles. The van der Waals surface area contributed by atoms with Crippen LogP contribution in [0.5, 0.6) is 5.88 Å². The number of ether oxygens (including phenoxy) is 3. The van der Waals surface area contributed by atoms with Gasteiger partial charge in [0.05, 0.1) is 25.6 Å². The van der Waals surface area contributed by atoms with E-state index in [9.17, 15) is 24.1 Å². The summed E-state index contributed by atoms with van der Waals surface area (Å²) in [4.78, 5) is 48.2. The largest absolute Gasteiger partial charge is 0.476 e. The molecule has 0 spiro atoms. The van der Waals surface area contributed by atoms with Gasteiger partial charge in [-0.25, -0.2) is 19.3 Å². The maximum Gasteiger partial charge on any atom is 0.327 e. The predicted octanol–water partition coefficient (Wildman–Crippen LogP) is 0.789. The molecule has 2 aromatic rings. The zero-order chi connectivity index (χ0) is 31.7. The van der Waals surface area contributed by atoms with Gasteiger partial charge in [0.2, 0.25) is 11.8 Å². The average Bonchev–Trinajstić information content (AvgIpc) is 3.54. The van der Waals surface area contributed by atoms with Crippen molar-refractivity contribution in [3.63, 3.8) is 0 Å². The van der Waals surface area contributed by atoms with Gasteiger partial charge in [-0.05, 0) is 34.6 Å². The van der Waals surface area contributed by atoms with Gasteiger partial charge < -0.3 is 34.9 Å². The molecule has 4 rings (SSSR count). The highest BCUT2D eigenvalue weighted by molar-refractivity contribution is 8.56. The number of halogens is 1. The Labute approximate surface area is 249 Å². The van der Waals surface area contributed by atoms with Crippen LogP contribution in [0.4, 0.5) is 15.1 Å². The van der Waals surface area contributed by atoms with E-state index in [-0.39, 0.29) is 35.4 Å². The first-order valence-corrected chi connectivity index (χ1v) is 16.5. The molecular weight excluding hydrogens is 614 g/mol. The lowest BCUT2D eigenvalue weighted by Crippen LogP contribution is -2.41. The van der Waals surface area contributed by atoms with Crippen molar-refractivity contribution in [2.75, 3.05) is 24.7 Å². The Hall–Kier alpha value is -3.09. The van der Waals surface area contributed by atoms with Crippen LogP contribution < -0.4 is 26.2 Å². The zero-order valence-corrected chi connectivity index (χ0v) is 25.7. The molecule has 1 unspecified atom stereocenters. The van der Waals surface area contributed by atoms with Gasteiger partial charge in [-0.2, -0.15) is 9.97 Å². The zero-order valence-electron chi connectivity index (χ0n) is 24.0. The Morgan fingerprint density at radius 3 is 2.72 bits per heavy atom. The minimum Gasteiger partial charge on any atom is -0.476 e. The van der Waals surface area contributed by atoms with Crippen molar-refractivity contribution in [1.29, 1.82) is 0 Å². The molecule has 0 aromatic carbocycles. The number of nitrogen functional groups attached to an aromatic ring is 1. The number of alkyl halides is 1. The first kappa shape index (κ1) is 32.8. The lowest BCUT2D eigenvalue weighted by atomic mass is 9.98. The van der Waals surface area contributed by atoms with E-state index in [1.807, 2.05) is 0 Å². The van der Waals surface area contributed by atoms with Crippen LogP contribution in [0.1, 0.15) is 40.8 Å². The summed E-state index contributed by atoms with van der Waals surface area (Å²) in [6.07, 6.45) is -3.81. The molecule has 3 amide bonds. The van der Waals surface area contributed by atoms with E-state index >= 15 is 4.39 Å². The third-order valence-corrected chi connectivity index (χ3v) is 10.5. The summed E-state index contributed by atoms with van der Waals surface area (Å²) in [5, 5.41) is 17.9. The molecule has 7 atom stereocenters. The summed E-state index contributed by atoms with van der Waals surface area (Å²) in [5.74, 6) is -1.62. The van der Waals surface area contributed by atoms with Crippen molar-refractivity contribution < 1.29 is 47.2 Å². The quantitative estimate of drug-likeness (QED) is 0.115. The Bertz CT molecular complexity index is 1430. The molecule has 238 valence electrons. The lowest BCUT2D eigenvalue weighted by Gasteiger charge is -2.25. The molecule has 0 radical (unpaired) electrons. The van der Waals surface area contributed by atoms with Gasteiger partial charge >= 0.3 is 18.7 Å². The number of imide groups is 1. The number of esters is 1. The molecular formula is C23H34FN8O9PS. The van der Waals surface area contributed by atoms with Crippen LogP contribution in [0.2, 0.25) is 0 Å². The first-order valence-electron chi connectivity index (χ1n) is 13.3. The van der Waals surface area contributed by atoms with E-state index in [1.165, 1.54) is 17.8 Å². The number of rotatable bonds is 13. The van der Waals surface area contributed by atoms with E-state index in [0.29, 0.717) is 11.4 Å². The topological polar surface area (TPSA) is 231 Å². The number of aromatic nitrogens is 4. The van der Waals surface area contributed by atoms with Gasteiger partial charge in [0.1, 0.15) is 24.3 Å². The Kier molecular flexibility index (Phi) is 9.82. The second-order valence-electron chi connectivity index (χ2n) is 10.2. The molecule has 0 bridgehead atoms. The molecule has 6 N–H and O–H groups in total. The SMILES string of the molecule is CCOc1nc(N)nc2c1ncn2[C@@H]1O[C@H](COP(=O)(N[C@@H](C)C(=O)OC(C)C)SC[C@@H]2NC(=O)NC2=O)[C@@H](O)[C@@]1(C)F. The number of nitrogens with zero attached hydrogens (tertiary/aromatic N) is 4. The second kappa shape index (κ2) is 12.9. The van der Waals surface area contributed by atoms with E-state index in [1.54, 1.807) is 20.8 Å². The van der Waals surface area contributed by atoms with Gasteiger partial charge in [0, 0.05) is 5.75 Å². The molecule has 2 fully saturated rings. The molecule has 43 heavy (non-hydrogen) atoms. The van der Waals surface area contributed by atoms with Crippen molar-refractivity contribution in [1.82, 2.24) is 35.2 Å². The Morgan fingerprint density at radius 2 is 2.09 bits per heavy atom. The number of nitrogens with two attached hydrogens (primary N) is 1. The number of urea groups is 1. The van der Waals surface area contributed by atoms with Crippen molar-refractivity contribution in [3.8, 4) is 5.88 Å². The highest BCUT2D eigenvalue weighted by Crippen LogP contribution is 2.57. The lowest BCUT2D eigenvalue weighted by molar-refractivity contribution is -0.149. The van der Waals surface area contributed by atoms with Crippen LogP contribution in [0.25, 0.3) is 11.2 Å². The fourth-order valence-electron chi connectivity index (χ4n) is 4.32. The van der Waals surface area contributed by atoms with Crippen molar-refractivity contribution in [2.45, 2.75) is 76.9 Å². The third-order valence-electron chi connectivity index (χ3n) is 6.39. The molecule has 2 saturated heterocycles. The van der Waals surface area contributed by atoms with Crippen LogP contribution in [0, 0.1) is 0 Å². The maximum absolute atomic E-state index is 16.0. The summed E-state index contributed by atoms with van der Waals surface area (Å²) in [7, 11) is 0. The van der Waals surface area contributed by atoms with Crippen LogP contribution in [0.15, 0.2) is 6.33 Å². The number of fused-ring (bicyclic) bond motifs is 1. The highest BCUT2D eigenvalue weighted by Gasteiger charge is 2.56. The van der Waals surface area contributed by atoms with Gasteiger partial charge in [0.15, 0.2) is 23.1 Å². The molecule has 2 aliphatic heterocycles. The number of nitrogens with one attached hydrogen (secondary N) is 3.